The zero-order valence-corrected chi connectivity index (χ0v) is 13.8. The summed E-state index contributed by atoms with van der Waals surface area (Å²) < 4.78 is 27.3. The predicted octanol–water partition coefficient (Wildman–Crippen LogP) is 1.99. The molecular weight excluding hydrogens is 310 g/mol. The van der Waals surface area contributed by atoms with E-state index in [4.69, 9.17) is 17.3 Å². The summed E-state index contributed by atoms with van der Waals surface area (Å²) in [6.45, 7) is 4.91. The van der Waals surface area contributed by atoms with E-state index in [9.17, 15) is 8.42 Å². The number of rotatable bonds is 5. The van der Waals surface area contributed by atoms with Crippen LogP contribution in [0.5, 0.6) is 0 Å². The van der Waals surface area contributed by atoms with Crippen molar-refractivity contribution in [3.05, 3.63) is 22.7 Å². The monoisotopic (exact) mass is 331 g/mol. The zero-order chi connectivity index (χ0) is 15.5. The number of likely N-dealkylation sites (tertiary alicyclic amines) is 1. The molecule has 0 unspecified atom stereocenters. The number of sulfonamides is 1. The summed E-state index contributed by atoms with van der Waals surface area (Å²) in [7, 11) is -3.58. The molecule has 5 nitrogen and oxygen atoms in total. The van der Waals surface area contributed by atoms with Gasteiger partial charge in [0.05, 0.1) is 4.90 Å². The first-order valence-corrected chi connectivity index (χ1v) is 9.04. The normalized spacial score (nSPS) is 17.0. The fraction of sp³-hybridized carbons (Fsp3) is 0.571. The number of nitrogens with zero attached hydrogens (tertiary/aromatic N) is 1. The average Bonchev–Trinajstić information content (AvgIpc) is 2.43. The Balaban J connectivity index is 2.01. The van der Waals surface area contributed by atoms with E-state index < -0.39 is 10.0 Å². The van der Waals surface area contributed by atoms with Crippen molar-refractivity contribution in [2.45, 2.75) is 31.1 Å². The van der Waals surface area contributed by atoms with Crippen LogP contribution >= 0.6 is 11.6 Å². The molecule has 1 aliphatic rings. The first-order valence-electron chi connectivity index (χ1n) is 7.18. The number of halogens is 1. The van der Waals surface area contributed by atoms with Crippen LogP contribution < -0.4 is 10.5 Å². The number of nitrogens with one attached hydrogen (secondary N) is 1. The number of piperidine rings is 1. The molecule has 1 aliphatic heterocycles. The molecule has 118 valence electrons. The van der Waals surface area contributed by atoms with Crippen LogP contribution in [0, 0.1) is 6.92 Å². The number of nitrogen functional groups attached to an aromatic ring is 1. The van der Waals surface area contributed by atoms with Gasteiger partial charge in [0.1, 0.15) is 0 Å². The lowest BCUT2D eigenvalue weighted by atomic mass is 10.1. The predicted molar refractivity (Wildman–Crippen MR) is 86.1 cm³/mol. The van der Waals surface area contributed by atoms with Crippen LogP contribution in [0.3, 0.4) is 0 Å². The third-order valence-electron chi connectivity index (χ3n) is 3.82. The number of nitrogens with two attached hydrogens (primary N) is 1. The van der Waals surface area contributed by atoms with Crippen molar-refractivity contribution >= 4 is 27.3 Å². The van der Waals surface area contributed by atoms with Crippen LogP contribution in [0.2, 0.25) is 5.02 Å². The van der Waals surface area contributed by atoms with Crippen LogP contribution in [-0.4, -0.2) is 39.5 Å². The Kier molecular flexibility index (Phi) is 5.48. The summed E-state index contributed by atoms with van der Waals surface area (Å²) in [6.07, 6.45) is 3.65. The zero-order valence-electron chi connectivity index (χ0n) is 12.2. The minimum absolute atomic E-state index is 0.158. The fourth-order valence-corrected chi connectivity index (χ4v) is 4.16. The molecule has 1 aromatic carbocycles. The van der Waals surface area contributed by atoms with Gasteiger partial charge in [-0.2, -0.15) is 0 Å². The van der Waals surface area contributed by atoms with Gasteiger partial charge in [-0.05, 0) is 50.6 Å². The van der Waals surface area contributed by atoms with Gasteiger partial charge < -0.3 is 10.6 Å². The van der Waals surface area contributed by atoms with Gasteiger partial charge in [0.25, 0.3) is 0 Å². The lowest BCUT2D eigenvalue weighted by Gasteiger charge is -2.26. The molecule has 21 heavy (non-hydrogen) atoms. The molecule has 0 saturated carbocycles. The Morgan fingerprint density at radius 2 is 1.95 bits per heavy atom. The van der Waals surface area contributed by atoms with Gasteiger partial charge in [-0.15, -0.1) is 0 Å². The van der Waals surface area contributed by atoms with E-state index in [1.54, 1.807) is 13.0 Å². The van der Waals surface area contributed by atoms with Gasteiger partial charge in [-0.3, -0.25) is 0 Å². The van der Waals surface area contributed by atoms with Crippen molar-refractivity contribution in [2.24, 2.45) is 0 Å². The molecule has 1 saturated heterocycles. The fourth-order valence-electron chi connectivity index (χ4n) is 2.55. The number of anilines is 1. The third-order valence-corrected chi connectivity index (χ3v) is 5.63. The maximum Gasteiger partial charge on any atom is 0.241 e. The molecule has 0 aromatic heterocycles. The van der Waals surface area contributed by atoms with E-state index in [2.05, 4.69) is 9.62 Å². The van der Waals surface area contributed by atoms with E-state index in [1.807, 2.05) is 0 Å². The molecule has 0 atom stereocenters. The minimum atomic E-state index is -3.58. The smallest absolute Gasteiger partial charge is 0.241 e. The Bertz CT molecular complexity index is 598. The molecule has 1 aromatic rings. The lowest BCUT2D eigenvalue weighted by Crippen LogP contribution is -2.37. The van der Waals surface area contributed by atoms with E-state index in [0.717, 1.165) is 19.6 Å². The van der Waals surface area contributed by atoms with Crippen LogP contribution in [0.1, 0.15) is 24.8 Å². The molecule has 2 rings (SSSR count). The van der Waals surface area contributed by atoms with Gasteiger partial charge in [-0.1, -0.05) is 18.0 Å². The largest absolute Gasteiger partial charge is 0.398 e. The highest BCUT2D eigenvalue weighted by Gasteiger charge is 2.19. The topological polar surface area (TPSA) is 75.4 Å². The van der Waals surface area contributed by atoms with Gasteiger partial charge in [0.2, 0.25) is 10.0 Å². The molecule has 1 fully saturated rings. The summed E-state index contributed by atoms with van der Waals surface area (Å²) in [5.41, 5.74) is 6.70. The van der Waals surface area contributed by atoms with E-state index in [1.165, 1.54) is 25.3 Å². The van der Waals surface area contributed by atoms with Gasteiger partial charge in [-0.25, -0.2) is 13.1 Å². The SMILES string of the molecule is Cc1c(N)cc(Cl)cc1S(=O)(=O)NCCN1CCCCC1. The molecule has 0 radical (unpaired) electrons. The molecule has 1 heterocycles. The molecule has 0 bridgehead atoms. The van der Waals surface area contributed by atoms with Gasteiger partial charge in [0.15, 0.2) is 0 Å². The Morgan fingerprint density at radius 3 is 2.62 bits per heavy atom. The van der Waals surface area contributed by atoms with Gasteiger partial charge in [0, 0.05) is 23.8 Å². The highest BCUT2D eigenvalue weighted by molar-refractivity contribution is 7.89. The molecule has 0 aliphatic carbocycles. The summed E-state index contributed by atoms with van der Waals surface area (Å²) in [5, 5.41) is 0.328. The van der Waals surface area contributed by atoms with Crippen LogP contribution in [-0.2, 0) is 10.0 Å². The van der Waals surface area contributed by atoms with Crippen molar-refractivity contribution in [1.29, 1.82) is 0 Å². The second kappa shape index (κ2) is 6.96. The van der Waals surface area contributed by atoms with Crippen molar-refractivity contribution in [1.82, 2.24) is 9.62 Å². The average molecular weight is 332 g/mol. The molecule has 0 spiro atoms. The van der Waals surface area contributed by atoms with Crippen LogP contribution in [0.25, 0.3) is 0 Å². The number of hydrogen-bond donors (Lipinski definition) is 2. The highest BCUT2D eigenvalue weighted by atomic mass is 35.5. The first kappa shape index (κ1) is 16.5. The maximum absolute atomic E-state index is 12.4. The standard InChI is InChI=1S/C14H22ClN3O2S/c1-11-13(16)9-12(15)10-14(11)21(19,20)17-5-8-18-6-3-2-4-7-18/h9-10,17H,2-8,16H2,1H3. The summed E-state index contributed by atoms with van der Waals surface area (Å²) in [5.74, 6) is 0. The van der Waals surface area contributed by atoms with Crippen LogP contribution in [0.15, 0.2) is 17.0 Å². The second-order valence-electron chi connectivity index (χ2n) is 5.42. The van der Waals surface area contributed by atoms with Gasteiger partial charge >= 0.3 is 0 Å². The van der Waals surface area contributed by atoms with Crippen molar-refractivity contribution < 1.29 is 8.42 Å². The first-order chi connectivity index (χ1) is 9.90. The third kappa shape index (κ3) is 4.32. The molecule has 3 N–H and O–H groups in total. The molecule has 0 amide bonds. The number of benzene rings is 1. The summed E-state index contributed by atoms with van der Waals surface area (Å²) in [4.78, 5) is 2.44. The van der Waals surface area contributed by atoms with E-state index in [-0.39, 0.29) is 4.90 Å². The Labute approximate surface area is 131 Å². The minimum Gasteiger partial charge on any atom is -0.398 e. The van der Waals surface area contributed by atoms with Crippen molar-refractivity contribution in [3.8, 4) is 0 Å². The van der Waals surface area contributed by atoms with Crippen LogP contribution in [0.4, 0.5) is 5.69 Å². The Hall–Kier alpha value is -0.820. The molecular formula is C14H22ClN3O2S. The van der Waals surface area contributed by atoms with Crippen molar-refractivity contribution in [2.75, 3.05) is 31.9 Å². The van der Waals surface area contributed by atoms with E-state index in [0.29, 0.717) is 22.8 Å². The summed E-state index contributed by atoms with van der Waals surface area (Å²) in [6, 6.07) is 3.00. The quantitative estimate of drug-likeness (QED) is 0.809. The summed E-state index contributed by atoms with van der Waals surface area (Å²) >= 11 is 5.90. The highest BCUT2D eigenvalue weighted by Crippen LogP contribution is 2.25. The number of hydrogen-bond acceptors (Lipinski definition) is 4. The maximum atomic E-state index is 12.4. The van der Waals surface area contributed by atoms with Crippen molar-refractivity contribution in [3.63, 3.8) is 0 Å². The molecule has 7 heteroatoms. The lowest BCUT2D eigenvalue weighted by molar-refractivity contribution is 0.233. The Morgan fingerprint density at radius 1 is 1.29 bits per heavy atom. The van der Waals surface area contributed by atoms with E-state index >= 15 is 0 Å². The second-order valence-corrected chi connectivity index (χ2v) is 7.59.